The molecule has 0 aliphatic rings. The Balaban J connectivity index is 2.50. The van der Waals surface area contributed by atoms with Gasteiger partial charge in [-0.05, 0) is 19.1 Å². The summed E-state index contributed by atoms with van der Waals surface area (Å²) in [4.78, 5) is 0.149. The smallest absolute Gasteiger partial charge is 0.199 e. The maximum absolute atomic E-state index is 12.1. The van der Waals surface area contributed by atoms with E-state index in [2.05, 4.69) is 5.10 Å². The van der Waals surface area contributed by atoms with Gasteiger partial charge in [0.2, 0.25) is 0 Å². The van der Waals surface area contributed by atoms with Gasteiger partial charge in [0.05, 0.1) is 22.9 Å². The van der Waals surface area contributed by atoms with Gasteiger partial charge in [0, 0.05) is 0 Å². The first kappa shape index (κ1) is 11.4. The van der Waals surface area contributed by atoms with Crippen molar-refractivity contribution in [1.82, 2.24) is 9.19 Å². The minimum Gasteiger partial charge on any atom is -0.199 e. The summed E-state index contributed by atoms with van der Waals surface area (Å²) >= 11 is 0. The quantitative estimate of drug-likeness (QED) is 0.801. The minimum absolute atomic E-state index is 0.149. The van der Waals surface area contributed by atoms with Gasteiger partial charge in [-0.3, -0.25) is 0 Å². The molecule has 0 bridgehead atoms. The van der Waals surface area contributed by atoms with E-state index in [1.54, 1.807) is 12.1 Å². The summed E-state index contributed by atoms with van der Waals surface area (Å²) in [6.45, 7) is 1.87. The number of hydrogen-bond acceptors (Lipinski definition) is 4. The molecule has 1 aromatic carbocycles. The third-order valence-corrected chi connectivity index (χ3v) is 3.81. The molecule has 0 saturated carbocycles. The van der Waals surface area contributed by atoms with Gasteiger partial charge in [-0.2, -0.15) is 22.9 Å². The Bertz CT molecular complexity index is 678. The van der Waals surface area contributed by atoms with Crippen LogP contribution in [0, 0.1) is 18.3 Å². The van der Waals surface area contributed by atoms with Crippen molar-refractivity contribution in [2.45, 2.75) is 11.8 Å². The van der Waals surface area contributed by atoms with Crippen molar-refractivity contribution in [1.29, 1.82) is 5.26 Å². The molecule has 17 heavy (non-hydrogen) atoms. The molecular formula is C11H9N3O2S. The molecule has 0 atom stereocenters. The molecule has 0 radical (unpaired) electrons. The standard InChI is InChI=1S/C11H9N3O2S/c1-9-2-4-11(5-3-9)17(15,16)14-8-10(6-12)7-13-14/h2-5,7-8H,1H3. The number of benzene rings is 1. The Labute approximate surface area is 99.0 Å². The van der Waals surface area contributed by atoms with Gasteiger partial charge in [0.1, 0.15) is 6.07 Å². The highest BCUT2D eigenvalue weighted by Crippen LogP contribution is 2.14. The van der Waals surface area contributed by atoms with Crippen molar-refractivity contribution >= 4 is 10.0 Å². The van der Waals surface area contributed by atoms with E-state index >= 15 is 0 Å². The van der Waals surface area contributed by atoms with Crippen molar-refractivity contribution in [3.8, 4) is 6.07 Å². The van der Waals surface area contributed by atoms with Crippen molar-refractivity contribution < 1.29 is 8.42 Å². The van der Waals surface area contributed by atoms with Crippen LogP contribution in [0.15, 0.2) is 41.6 Å². The largest absolute Gasteiger partial charge is 0.282 e. The summed E-state index contributed by atoms with van der Waals surface area (Å²) in [5.74, 6) is 0. The van der Waals surface area contributed by atoms with E-state index in [0.29, 0.717) is 0 Å². The van der Waals surface area contributed by atoms with Gasteiger partial charge >= 0.3 is 0 Å². The lowest BCUT2D eigenvalue weighted by atomic mass is 10.2. The number of aromatic nitrogens is 2. The zero-order chi connectivity index (χ0) is 12.5. The third-order valence-electron chi connectivity index (χ3n) is 2.25. The summed E-state index contributed by atoms with van der Waals surface area (Å²) in [6.07, 6.45) is 2.40. The second-order valence-electron chi connectivity index (χ2n) is 3.53. The van der Waals surface area contributed by atoms with Crippen LogP contribution < -0.4 is 0 Å². The zero-order valence-corrected chi connectivity index (χ0v) is 9.85. The monoisotopic (exact) mass is 247 g/mol. The van der Waals surface area contributed by atoms with E-state index in [4.69, 9.17) is 5.26 Å². The second kappa shape index (κ2) is 4.03. The van der Waals surface area contributed by atoms with Crippen LogP contribution in [-0.4, -0.2) is 17.6 Å². The van der Waals surface area contributed by atoms with Crippen LogP contribution in [0.5, 0.6) is 0 Å². The van der Waals surface area contributed by atoms with Crippen molar-refractivity contribution in [3.63, 3.8) is 0 Å². The summed E-state index contributed by atoms with van der Waals surface area (Å²) in [7, 11) is -3.69. The van der Waals surface area contributed by atoms with Crippen molar-refractivity contribution in [2.24, 2.45) is 0 Å². The Morgan fingerprint density at radius 3 is 2.47 bits per heavy atom. The molecule has 2 aromatic rings. The molecule has 0 aliphatic carbocycles. The SMILES string of the molecule is Cc1ccc(S(=O)(=O)n2cc(C#N)cn2)cc1. The van der Waals surface area contributed by atoms with Crippen LogP contribution in [0.2, 0.25) is 0 Å². The molecule has 0 amide bonds. The van der Waals surface area contributed by atoms with E-state index in [9.17, 15) is 8.42 Å². The molecule has 1 heterocycles. The predicted octanol–water partition coefficient (Wildman–Crippen LogP) is 1.30. The Hall–Kier alpha value is -2.13. The Morgan fingerprint density at radius 1 is 1.29 bits per heavy atom. The lowest BCUT2D eigenvalue weighted by Crippen LogP contribution is -2.13. The van der Waals surface area contributed by atoms with Crippen molar-refractivity contribution in [2.75, 3.05) is 0 Å². The third kappa shape index (κ3) is 2.05. The second-order valence-corrected chi connectivity index (χ2v) is 5.33. The molecule has 0 N–H and O–H groups in total. The van der Waals surface area contributed by atoms with Crippen LogP contribution in [0.4, 0.5) is 0 Å². The molecule has 0 fully saturated rings. The Kier molecular flexibility index (Phi) is 2.69. The van der Waals surface area contributed by atoms with E-state index < -0.39 is 10.0 Å². The van der Waals surface area contributed by atoms with Crippen LogP contribution in [0.1, 0.15) is 11.1 Å². The van der Waals surface area contributed by atoms with Crippen LogP contribution >= 0.6 is 0 Å². The van der Waals surface area contributed by atoms with Gasteiger partial charge in [-0.1, -0.05) is 17.7 Å². The van der Waals surface area contributed by atoms with E-state index in [1.165, 1.54) is 24.5 Å². The first-order valence-corrected chi connectivity index (χ1v) is 6.25. The van der Waals surface area contributed by atoms with Gasteiger partial charge < -0.3 is 0 Å². The highest BCUT2D eigenvalue weighted by Gasteiger charge is 2.17. The Morgan fingerprint density at radius 2 is 1.94 bits per heavy atom. The van der Waals surface area contributed by atoms with Crippen LogP contribution in [0.25, 0.3) is 0 Å². The summed E-state index contributed by atoms with van der Waals surface area (Å²) in [5.41, 5.74) is 1.18. The van der Waals surface area contributed by atoms with Gasteiger partial charge in [0.25, 0.3) is 10.0 Å². The normalized spacial score (nSPS) is 11.1. The van der Waals surface area contributed by atoms with Crippen LogP contribution in [0.3, 0.4) is 0 Å². The molecule has 0 aliphatic heterocycles. The van der Waals surface area contributed by atoms with Crippen LogP contribution in [-0.2, 0) is 10.0 Å². The fraction of sp³-hybridized carbons (Fsp3) is 0.0909. The number of nitriles is 1. The first-order valence-electron chi connectivity index (χ1n) is 4.81. The predicted molar refractivity (Wildman–Crippen MR) is 60.7 cm³/mol. The zero-order valence-electron chi connectivity index (χ0n) is 9.03. The summed E-state index contributed by atoms with van der Waals surface area (Å²) in [5, 5.41) is 12.3. The molecular weight excluding hydrogens is 238 g/mol. The lowest BCUT2D eigenvalue weighted by Gasteiger charge is -2.03. The van der Waals surface area contributed by atoms with E-state index in [-0.39, 0.29) is 10.5 Å². The van der Waals surface area contributed by atoms with Gasteiger partial charge in [0.15, 0.2) is 0 Å². The van der Waals surface area contributed by atoms with Gasteiger partial charge in [-0.15, -0.1) is 0 Å². The summed E-state index contributed by atoms with van der Waals surface area (Å²) < 4.78 is 24.9. The van der Waals surface area contributed by atoms with Crippen molar-refractivity contribution in [3.05, 3.63) is 47.8 Å². The highest BCUT2D eigenvalue weighted by atomic mass is 32.2. The maximum atomic E-state index is 12.1. The minimum atomic E-state index is -3.69. The molecule has 6 heteroatoms. The molecule has 0 unspecified atom stereocenters. The highest BCUT2D eigenvalue weighted by molar-refractivity contribution is 7.89. The van der Waals surface area contributed by atoms with Gasteiger partial charge in [-0.25, -0.2) is 0 Å². The average molecular weight is 247 g/mol. The molecule has 0 spiro atoms. The topological polar surface area (TPSA) is 75.8 Å². The molecule has 5 nitrogen and oxygen atoms in total. The average Bonchev–Trinajstić information content (AvgIpc) is 2.78. The maximum Gasteiger partial charge on any atom is 0.282 e. The van der Waals surface area contributed by atoms with E-state index in [0.717, 1.165) is 9.65 Å². The first-order chi connectivity index (χ1) is 8.04. The number of aryl methyl sites for hydroxylation is 1. The fourth-order valence-electron chi connectivity index (χ4n) is 1.31. The number of nitrogens with zero attached hydrogens (tertiary/aromatic N) is 3. The molecule has 86 valence electrons. The molecule has 0 saturated heterocycles. The number of hydrogen-bond donors (Lipinski definition) is 0. The number of rotatable bonds is 2. The van der Waals surface area contributed by atoms with E-state index in [1.807, 2.05) is 13.0 Å². The molecule has 2 rings (SSSR count). The molecule has 1 aromatic heterocycles. The fourth-order valence-corrected chi connectivity index (χ4v) is 2.43. The summed E-state index contributed by atoms with van der Waals surface area (Å²) in [6, 6.07) is 8.28. The lowest BCUT2D eigenvalue weighted by molar-refractivity contribution is 0.580.